The SMILES string of the molecule is N#Cc1ccc(-n2c3ccc(CNc4ncco4)cc3c3ccc(C(=O)O)cc32)c([N+](=O)[O-])c1. The molecule has 0 atom stereocenters. The summed E-state index contributed by atoms with van der Waals surface area (Å²) in [5.41, 5.74) is 2.25. The molecule has 5 aromatic rings. The maximum atomic E-state index is 11.8. The van der Waals surface area contributed by atoms with Gasteiger partial charge in [-0.15, -0.1) is 0 Å². The number of carbonyl (C=O) groups is 1. The summed E-state index contributed by atoms with van der Waals surface area (Å²) >= 11 is 0. The lowest BCUT2D eigenvalue weighted by molar-refractivity contribution is -0.384. The van der Waals surface area contributed by atoms with Gasteiger partial charge in [-0.25, -0.2) is 9.78 Å². The van der Waals surface area contributed by atoms with Gasteiger partial charge in [0, 0.05) is 23.4 Å². The van der Waals surface area contributed by atoms with E-state index < -0.39 is 10.9 Å². The molecular formula is C24H15N5O5. The molecule has 10 heteroatoms. The van der Waals surface area contributed by atoms with Gasteiger partial charge >= 0.3 is 5.97 Å². The molecule has 0 fully saturated rings. The molecule has 5 rings (SSSR count). The van der Waals surface area contributed by atoms with Crippen LogP contribution in [0.5, 0.6) is 0 Å². The molecule has 2 N–H and O–H groups in total. The number of hydrogen-bond donors (Lipinski definition) is 2. The van der Waals surface area contributed by atoms with Crippen molar-refractivity contribution in [2.75, 3.05) is 5.32 Å². The first-order valence-corrected chi connectivity index (χ1v) is 10.1. The Bertz CT molecular complexity index is 1630. The molecule has 0 aliphatic rings. The van der Waals surface area contributed by atoms with E-state index >= 15 is 0 Å². The number of carboxylic acids is 1. The number of oxazole rings is 1. The summed E-state index contributed by atoms with van der Waals surface area (Å²) < 4.78 is 6.85. The van der Waals surface area contributed by atoms with Crippen molar-refractivity contribution in [3.63, 3.8) is 0 Å². The number of benzene rings is 3. The van der Waals surface area contributed by atoms with Gasteiger partial charge in [-0.2, -0.15) is 5.26 Å². The molecule has 34 heavy (non-hydrogen) atoms. The van der Waals surface area contributed by atoms with Gasteiger partial charge in [-0.3, -0.25) is 10.1 Å². The van der Waals surface area contributed by atoms with Crippen molar-refractivity contribution in [3.05, 3.63) is 93.9 Å². The summed E-state index contributed by atoms with van der Waals surface area (Å²) in [5, 5.41) is 35.2. The number of nitro groups is 1. The molecule has 0 saturated carbocycles. The van der Waals surface area contributed by atoms with Crippen LogP contribution in [0.15, 0.2) is 71.5 Å². The van der Waals surface area contributed by atoms with E-state index in [2.05, 4.69) is 10.3 Å². The number of rotatable bonds is 6. The quantitative estimate of drug-likeness (QED) is 0.274. The second kappa shape index (κ2) is 8.07. The van der Waals surface area contributed by atoms with Crippen LogP contribution in [0.1, 0.15) is 21.5 Å². The van der Waals surface area contributed by atoms with Gasteiger partial charge in [0.2, 0.25) is 0 Å². The molecule has 3 aromatic carbocycles. The largest absolute Gasteiger partial charge is 0.478 e. The summed E-state index contributed by atoms with van der Waals surface area (Å²) in [5.74, 6) is -1.11. The molecule has 166 valence electrons. The van der Waals surface area contributed by atoms with Crippen molar-refractivity contribution in [2.24, 2.45) is 0 Å². The summed E-state index contributed by atoms with van der Waals surface area (Å²) in [6.45, 7) is 0.424. The highest BCUT2D eigenvalue weighted by atomic mass is 16.6. The monoisotopic (exact) mass is 453 g/mol. The third kappa shape index (κ3) is 3.47. The summed E-state index contributed by atoms with van der Waals surface area (Å²) in [6.07, 6.45) is 2.99. The molecule has 0 amide bonds. The Balaban J connectivity index is 1.76. The first-order chi connectivity index (χ1) is 16.5. The van der Waals surface area contributed by atoms with E-state index in [-0.39, 0.29) is 22.5 Å². The maximum Gasteiger partial charge on any atom is 0.335 e. The average molecular weight is 453 g/mol. The minimum absolute atomic E-state index is 0.0543. The smallest absolute Gasteiger partial charge is 0.335 e. The number of fused-ring (bicyclic) bond motifs is 3. The Morgan fingerprint density at radius 1 is 1.15 bits per heavy atom. The number of aromatic carboxylic acids is 1. The van der Waals surface area contributed by atoms with Crippen LogP contribution in [0.4, 0.5) is 11.7 Å². The van der Waals surface area contributed by atoms with Crippen LogP contribution in [-0.2, 0) is 6.54 Å². The zero-order valence-corrected chi connectivity index (χ0v) is 17.4. The number of carboxylic acid groups (broad SMARTS) is 1. The molecule has 0 aliphatic heterocycles. The summed E-state index contributed by atoms with van der Waals surface area (Å²) in [6, 6.07) is 16.8. The summed E-state index contributed by atoms with van der Waals surface area (Å²) in [4.78, 5) is 27.0. The third-order valence-corrected chi connectivity index (χ3v) is 5.50. The number of hydrogen-bond acceptors (Lipinski definition) is 7. The number of aromatic nitrogens is 2. The topological polar surface area (TPSA) is 147 Å². The van der Waals surface area contributed by atoms with Crippen LogP contribution in [0.25, 0.3) is 27.5 Å². The van der Waals surface area contributed by atoms with E-state index in [0.29, 0.717) is 23.6 Å². The Hall–Kier alpha value is -5.17. The number of nitrogens with one attached hydrogen (secondary N) is 1. The lowest BCUT2D eigenvalue weighted by atomic mass is 10.1. The lowest BCUT2D eigenvalue weighted by Crippen LogP contribution is -2.02. The van der Waals surface area contributed by atoms with Gasteiger partial charge in [-0.05, 0) is 42.0 Å². The fourth-order valence-corrected chi connectivity index (χ4v) is 3.99. The predicted octanol–water partition coefficient (Wildman–Crippen LogP) is 4.86. The zero-order chi connectivity index (χ0) is 23.8. The van der Waals surface area contributed by atoms with Gasteiger partial charge < -0.3 is 19.4 Å². The van der Waals surface area contributed by atoms with E-state index in [4.69, 9.17) is 4.42 Å². The fourth-order valence-electron chi connectivity index (χ4n) is 3.99. The number of nitrogens with zero attached hydrogens (tertiary/aromatic N) is 4. The van der Waals surface area contributed by atoms with Crippen molar-refractivity contribution in [1.82, 2.24) is 9.55 Å². The molecule has 0 radical (unpaired) electrons. The van der Waals surface area contributed by atoms with E-state index in [0.717, 1.165) is 16.3 Å². The molecule has 0 unspecified atom stereocenters. The highest BCUT2D eigenvalue weighted by Gasteiger charge is 2.22. The molecule has 0 aliphatic carbocycles. The van der Waals surface area contributed by atoms with Crippen molar-refractivity contribution in [1.29, 1.82) is 5.26 Å². The molecule has 2 heterocycles. The normalized spacial score (nSPS) is 10.9. The van der Waals surface area contributed by atoms with Gasteiger partial charge in [0.05, 0.1) is 39.3 Å². The molecule has 0 spiro atoms. The molecule has 10 nitrogen and oxygen atoms in total. The fraction of sp³-hybridized carbons (Fsp3) is 0.0417. The standard InChI is InChI=1S/C24H15N5O5/c25-12-14-1-6-20(22(10-14)29(32)33)28-19-5-2-15(13-27-24-26-7-8-34-24)9-18(19)17-4-3-16(23(30)31)11-21(17)28/h1-11H,13H2,(H,26,27)(H,30,31). The van der Waals surface area contributed by atoms with Crippen LogP contribution in [0, 0.1) is 21.4 Å². The van der Waals surface area contributed by atoms with Crippen molar-refractivity contribution in [2.45, 2.75) is 6.54 Å². The summed E-state index contributed by atoms with van der Waals surface area (Å²) in [7, 11) is 0. The average Bonchev–Trinajstić information content (AvgIpc) is 3.47. The van der Waals surface area contributed by atoms with Crippen molar-refractivity contribution < 1.29 is 19.2 Å². The van der Waals surface area contributed by atoms with Crippen LogP contribution in [-0.4, -0.2) is 25.6 Å². The van der Waals surface area contributed by atoms with E-state index in [9.17, 15) is 25.3 Å². The maximum absolute atomic E-state index is 11.8. The molecule has 2 aromatic heterocycles. The molecule has 0 saturated heterocycles. The Morgan fingerprint density at radius 2 is 2.00 bits per heavy atom. The van der Waals surface area contributed by atoms with Crippen LogP contribution in [0.2, 0.25) is 0 Å². The van der Waals surface area contributed by atoms with Crippen LogP contribution in [0.3, 0.4) is 0 Å². The second-order valence-corrected chi connectivity index (χ2v) is 7.49. The number of anilines is 1. The third-order valence-electron chi connectivity index (χ3n) is 5.50. The zero-order valence-electron chi connectivity index (χ0n) is 17.4. The van der Waals surface area contributed by atoms with E-state index in [1.165, 1.54) is 42.8 Å². The Kier molecular flexibility index (Phi) is 4.92. The lowest BCUT2D eigenvalue weighted by Gasteiger charge is -2.09. The van der Waals surface area contributed by atoms with Gasteiger partial charge in [-0.1, -0.05) is 12.1 Å². The van der Waals surface area contributed by atoms with Crippen molar-refractivity contribution >= 4 is 39.5 Å². The van der Waals surface area contributed by atoms with E-state index in [1.807, 2.05) is 24.3 Å². The van der Waals surface area contributed by atoms with Gasteiger partial charge in [0.15, 0.2) is 0 Å². The number of nitriles is 1. The Morgan fingerprint density at radius 3 is 2.71 bits per heavy atom. The highest BCUT2D eigenvalue weighted by Crippen LogP contribution is 2.36. The predicted molar refractivity (Wildman–Crippen MR) is 123 cm³/mol. The van der Waals surface area contributed by atoms with Crippen LogP contribution >= 0.6 is 0 Å². The molecular weight excluding hydrogens is 438 g/mol. The van der Waals surface area contributed by atoms with E-state index in [1.54, 1.807) is 10.6 Å². The Labute approximate surface area is 191 Å². The molecule has 0 bridgehead atoms. The minimum atomic E-state index is -1.11. The first-order valence-electron chi connectivity index (χ1n) is 10.1. The minimum Gasteiger partial charge on any atom is -0.478 e. The second-order valence-electron chi connectivity index (χ2n) is 7.49. The number of nitro benzene ring substituents is 1. The van der Waals surface area contributed by atoms with Crippen molar-refractivity contribution in [3.8, 4) is 11.8 Å². The highest BCUT2D eigenvalue weighted by molar-refractivity contribution is 6.11. The van der Waals surface area contributed by atoms with Crippen LogP contribution < -0.4 is 5.32 Å². The van der Waals surface area contributed by atoms with Gasteiger partial charge in [0.25, 0.3) is 11.7 Å². The van der Waals surface area contributed by atoms with Gasteiger partial charge in [0.1, 0.15) is 12.0 Å². The first kappa shape index (κ1) is 20.7.